The molecule has 0 saturated carbocycles. The molecule has 0 saturated heterocycles. The van der Waals surface area contributed by atoms with Gasteiger partial charge in [0.25, 0.3) is 8.05 Å². The van der Waals surface area contributed by atoms with E-state index in [9.17, 15) is 5.11 Å². The smallest absolute Gasteiger partial charge is 0.252 e. The first-order chi connectivity index (χ1) is 6.81. The van der Waals surface area contributed by atoms with Gasteiger partial charge in [-0.1, -0.05) is 19.8 Å². The highest BCUT2D eigenvalue weighted by molar-refractivity contribution is 5.95. The van der Waals surface area contributed by atoms with Gasteiger partial charge in [0.2, 0.25) is 0 Å². The van der Waals surface area contributed by atoms with E-state index in [1.807, 2.05) is 13.8 Å². The molecule has 0 radical (unpaired) electrons. The molecule has 0 amide bonds. The molecule has 3 nitrogen and oxygen atoms in total. The van der Waals surface area contributed by atoms with E-state index in [1.54, 1.807) is 13.8 Å². The number of hydrogen-bond acceptors (Lipinski definition) is 3. The summed E-state index contributed by atoms with van der Waals surface area (Å²) < 4.78 is 5.65. The minimum atomic E-state index is -0.779. The van der Waals surface area contributed by atoms with Crippen LogP contribution >= 0.6 is 0 Å². The lowest BCUT2D eigenvalue weighted by Crippen LogP contribution is -2.47. The van der Waals surface area contributed by atoms with Crippen molar-refractivity contribution in [3.63, 3.8) is 0 Å². The maximum atomic E-state index is 9.78. The van der Waals surface area contributed by atoms with Gasteiger partial charge in [0.1, 0.15) is 0 Å². The monoisotopic (exact) mass is 218 g/mol. The first-order valence-electron chi connectivity index (χ1n) is 5.62. The minimum absolute atomic E-state index is 0.458. The Morgan fingerprint density at radius 2 is 1.53 bits per heavy atom. The highest BCUT2D eigenvalue weighted by Gasteiger charge is 2.35. The van der Waals surface area contributed by atoms with Gasteiger partial charge in [0.05, 0.1) is 11.2 Å². The Labute approximate surface area is 95.3 Å². The summed E-state index contributed by atoms with van der Waals surface area (Å²) in [5.41, 5.74) is -1.24. The standard InChI is InChI=1S/C11H24O2.BH3O/c1-6-7-8-9-13-11(4,5)10(2,3)12;1-2/h12H,6-9H2,1-5H3;2H,1H2. The van der Waals surface area contributed by atoms with E-state index in [1.165, 1.54) is 12.8 Å². The normalized spacial score (nSPS) is 11.9. The lowest BCUT2D eigenvalue weighted by atomic mass is 9.89. The fraction of sp³-hybridized carbons (Fsp3) is 1.00. The van der Waals surface area contributed by atoms with Crippen molar-refractivity contribution in [2.75, 3.05) is 6.61 Å². The van der Waals surface area contributed by atoms with E-state index in [-0.39, 0.29) is 0 Å². The first kappa shape index (κ1) is 17.3. The lowest BCUT2D eigenvalue weighted by Gasteiger charge is -2.37. The van der Waals surface area contributed by atoms with Gasteiger partial charge in [-0.15, -0.1) is 0 Å². The van der Waals surface area contributed by atoms with Crippen molar-refractivity contribution in [2.45, 2.75) is 65.1 Å². The average molecular weight is 218 g/mol. The number of unbranched alkanes of at least 4 members (excludes halogenated alkanes) is 2. The average Bonchev–Trinajstić information content (AvgIpc) is 2.14. The predicted molar refractivity (Wildman–Crippen MR) is 66.6 cm³/mol. The van der Waals surface area contributed by atoms with Crippen LogP contribution in [0, 0.1) is 0 Å². The van der Waals surface area contributed by atoms with Gasteiger partial charge in [-0.2, -0.15) is 0 Å². The van der Waals surface area contributed by atoms with Crippen molar-refractivity contribution in [1.82, 2.24) is 0 Å². The summed E-state index contributed by atoms with van der Waals surface area (Å²) in [6.45, 7) is 10.3. The second-order valence-electron chi connectivity index (χ2n) is 4.62. The third-order valence-electron chi connectivity index (χ3n) is 2.68. The van der Waals surface area contributed by atoms with Gasteiger partial charge in [-0.25, -0.2) is 0 Å². The third kappa shape index (κ3) is 7.83. The summed E-state index contributed by atoms with van der Waals surface area (Å²) in [5.74, 6) is 0. The molecule has 0 atom stereocenters. The highest BCUT2D eigenvalue weighted by atomic mass is 16.5. The summed E-state index contributed by atoms with van der Waals surface area (Å²) in [7, 11) is 1.00. The van der Waals surface area contributed by atoms with Crippen LogP contribution in [0.1, 0.15) is 53.9 Å². The topological polar surface area (TPSA) is 49.7 Å². The van der Waals surface area contributed by atoms with Crippen molar-refractivity contribution >= 4 is 8.05 Å². The number of ether oxygens (including phenoxy) is 1. The maximum absolute atomic E-state index is 9.78. The van der Waals surface area contributed by atoms with Crippen molar-refractivity contribution in [3.05, 3.63) is 0 Å². The van der Waals surface area contributed by atoms with Crippen molar-refractivity contribution < 1.29 is 14.9 Å². The van der Waals surface area contributed by atoms with Crippen LogP contribution in [0.5, 0.6) is 0 Å². The largest absolute Gasteiger partial charge is 0.458 e. The zero-order valence-electron chi connectivity index (χ0n) is 11.1. The van der Waals surface area contributed by atoms with E-state index in [0.29, 0.717) is 0 Å². The molecule has 0 rings (SSSR count). The zero-order valence-corrected chi connectivity index (χ0v) is 11.1. The minimum Gasteiger partial charge on any atom is -0.458 e. The number of aliphatic hydroxyl groups is 1. The van der Waals surface area contributed by atoms with Gasteiger partial charge >= 0.3 is 0 Å². The zero-order chi connectivity index (χ0) is 12.5. The Morgan fingerprint density at radius 3 is 1.87 bits per heavy atom. The Bertz CT molecular complexity index is 141. The molecular weight excluding hydrogens is 191 g/mol. The molecule has 0 aromatic rings. The predicted octanol–water partition coefficient (Wildman–Crippen LogP) is 1.27. The molecule has 0 bridgehead atoms. The molecule has 0 spiro atoms. The Kier molecular flexibility index (Phi) is 9.41. The maximum Gasteiger partial charge on any atom is 0.252 e. The summed E-state index contributed by atoms with van der Waals surface area (Å²) in [4.78, 5) is 0. The number of rotatable bonds is 6. The third-order valence-corrected chi connectivity index (χ3v) is 2.68. The summed E-state index contributed by atoms with van der Waals surface area (Å²) in [6, 6.07) is 0. The van der Waals surface area contributed by atoms with E-state index in [2.05, 4.69) is 6.92 Å². The molecule has 2 N–H and O–H groups in total. The van der Waals surface area contributed by atoms with E-state index < -0.39 is 11.2 Å². The van der Waals surface area contributed by atoms with Crippen LogP contribution in [-0.2, 0) is 4.74 Å². The fourth-order valence-electron chi connectivity index (χ4n) is 0.856. The molecule has 0 heterocycles. The molecular formula is C11H27BO3. The molecule has 0 unspecified atom stereocenters. The summed E-state index contributed by atoms with van der Waals surface area (Å²) in [6.07, 6.45) is 3.48. The van der Waals surface area contributed by atoms with Gasteiger partial charge in [0, 0.05) is 6.61 Å². The van der Waals surface area contributed by atoms with Gasteiger partial charge in [-0.05, 0) is 34.1 Å². The van der Waals surface area contributed by atoms with Crippen LogP contribution < -0.4 is 0 Å². The van der Waals surface area contributed by atoms with E-state index in [4.69, 9.17) is 9.76 Å². The second kappa shape index (κ2) is 8.14. The summed E-state index contributed by atoms with van der Waals surface area (Å²) in [5, 5.41) is 16.8. The van der Waals surface area contributed by atoms with E-state index in [0.717, 1.165) is 21.1 Å². The Morgan fingerprint density at radius 1 is 1.07 bits per heavy atom. The van der Waals surface area contributed by atoms with Crippen molar-refractivity contribution in [2.24, 2.45) is 0 Å². The van der Waals surface area contributed by atoms with Crippen LogP contribution in [0.4, 0.5) is 0 Å². The van der Waals surface area contributed by atoms with Crippen molar-refractivity contribution in [3.8, 4) is 0 Å². The molecule has 15 heavy (non-hydrogen) atoms. The SMILES string of the molecule is BO.CCCCCOC(C)(C)C(C)(C)O. The molecule has 0 aromatic carbocycles. The Hall–Kier alpha value is -0.0551. The summed E-state index contributed by atoms with van der Waals surface area (Å²) >= 11 is 0. The molecule has 0 aromatic heterocycles. The molecule has 92 valence electrons. The van der Waals surface area contributed by atoms with E-state index >= 15 is 0 Å². The molecule has 0 aliphatic heterocycles. The van der Waals surface area contributed by atoms with Crippen LogP contribution in [0.2, 0.25) is 0 Å². The molecule has 0 fully saturated rings. The lowest BCUT2D eigenvalue weighted by molar-refractivity contribution is -0.147. The van der Waals surface area contributed by atoms with Crippen molar-refractivity contribution in [1.29, 1.82) is 0 Å². The molecule has 4 heteroatoms. The molecule has 0 aliphatic rings. The number of hydrogen-bond donors (Lipinski definition) is 2. The van der Waals surface area contributed by atoms with Gasteiger partial charge < -0.3 is 14.9 Å². The van der Waals surface area contributed by atoms with Crippen LogP contribution in [0.25, 0.3) is 0 Å². The Balaban J connectivity index is 0. The van der Waals surface area contributed by atoms with Gasteiger partial charge in [0.15, 0.2) is 0 Å². The first-order valence-corrected chi connectivity index (χ1v) is 5.62. The highest BCUT2D eigenvalue weighted by Crippen LogP contribution is 2.25. The second-order valence-corrected chi connectivity index (χ2v) is 4.62. The van der Waals surface area contributed by atoms with Gasteiger partial charge in [-0.3, -0.25) is 0 Å². The van der Waals surface area contributed by atoms with Crippen LogP contribution in [-0.4, -0.2) is 36.0 Å². The fourth-order valence-corrected chi connectivity index (χ4v) is 0.856. The quantitative estimate of drug-likeness (QED) is 0.521. The molecule has 0 aliphatic carbocycles. The van der Waals surface area contributed by atoms with Crippen LogP contribution in [0.15, 0.2) is 0 Å². The van der Waals surface area contributed by atoms with Crippen LogP contribution in [0.3, 0.4) is 0 Å².